The molecule has 0 fully saturated rings. The van der Waals surface area contributed by atoms with Crippen LogP contribution in [0.1, 0.15) is 84.0 Å². The number of azo groups is 2. The Hall–Kier alpha value is -4.05. The smallest absolute Gasteiger partial charge is 0.231 e. The number of nitrogens with zero attached hydrogens (tertiary/aromatic N) is 7. The van der Waals surface area contributed by atoms with Gasteiger partial charge in [-0.15, -0.1) is 20.5 Å². The number of carbonyl (C=O) groups excluding carboxylic acids is 1. The van der Waals surface area contributed by atoms with E-state index in [9.17, 15) is 9.90 Å². The summed E-state index contributed by atoms with van der Waals surface area (Å²) in [5.41, 5.74) is 2.38. The van der Waals surface area contributed by atoms with E-state index in [1.807, 2.05) is 66.4 Å². The van der Waals surface area contributed by atoms with E-state index in [2.05, 4.69) is 31.5 Å². The fraction of sp³-hybridized carbons (Fsp3) is 0.472. The lowest BCUT2D eigenvalue weighted by Gasteiger charge is -2.22. The molecule has 0 atom stereocenters. The molecule has 2 heterocycles. The SMILES string of the molecule is CCC(=O)CCCCCCCCCCCOc1ccc(N=Nc2cc3sc(N=Nc4ccc(N(CCO)CCC#N)cc4)nc3s2)cc1. The van der Waals surface area contributed by atoms with Gasteiger partial charge in [-0.3, -0.25) is 4.79 Å². The third kappa shape index (κ3) is 12.9. The van der Waals surface area contributed by atoms with Crippen LogP contribution in [-0.2, 0) is 4.79 Å². The maximum atomic E-state index is 11.3. The number of hydrogen-bond donors (Lipinski definition) is 1. The molecule has 10 nitrogen and oxygen atoms in total. The number of unbranched alkanes of at least 4 members (excludes halogenated alkanes) is 8. The number of aliphatic hydroxyl groups is 1. The first kappa shape index (κ1) is 36.8. The summed E-state index contributed by atoms with van der Waals surface area (Å²) in [6.45, 7) is 3.71. The zero-order valence-electron chi connectivity index (χ0n) is 27.7. The van der Waals surface area contributed by atoms with Crippen LogP contribution in [-0.4, -0.2) is 42.2 Å². The maximum Gasteiger partial charge on any atom is 0.231 e. The van der Waals surface area contributed by atoms with E-state index < -0.39 is 0 Å². The topological polar surface area (TPSA) is 136 Å². The predicted molar refractivity (Wildman–Crippen MR) is 195 cm³/mol. The summed E-state index contributed by atoms with van der Waals surface area (Å²) in [5.74, 6) is 1.23. The summed E-state index contributed by atoms with van der Waals surface area (Å²) >= 11 is 2.91. The van der Waals surface area contributed by atoms with Crippen molar-refractivity contribution in [3.05, 3.63) is 54.6 Å². The summed E-state index contributed by atoms with van der Waals surface area (Å²) in [6, 6.07) is 19.3. The van der Waals surface area contributed by atoms with Crippen LogP contribution in [0.3, 0.4) is 0 Å². The molecule has 4 rings (SSSR count). The maximum absolute atomic E-state index is 11.3. The van der Waals surface area contributed by atoms with Crippen molar-refractivity contribution >= 4 is 65.2 Å². The summed E-state index contributed by atoms with van der Waals surface area (Å²) < 4.78 is 6.89. The van der Waals surface area contributed by atoms with Crippen molar-refractivity contribution in [1.29, 1.82) is 5.26 Å². The van der Waals surface area contributed by atoms with Gasteiger partial charge in [-0.25, -0.2) is 4.98 Å². The molecule has 0 spiro atoms. The highest BCUT2D eigenvalue weighted by Gasteiger charge is 2.09. The number of aliphatic hydroxyl groups excluding tert-OH is 1. The Bertz CT molecular complexity index is 1590. The van der Waals surface area contributed by atoms with E-state index in [0.717, 1.165) is 50.9 Å². The second-order valence-electron chi connectivity index (χ2n) is 11.5. The number of thiazole rings is 1. The number of Topliss-reactive ketones (excluding diaryl/α,β-unsaturated/α-hetero) is 1. The molecular weight excluding hydrogens is 643 g/mol. The van der Waals surface area contributed by atoms with Crippen LogP contribution >= 0.6 is 22.7 Å². The molecule has 0 aliphatic carbocycles. The van der Waals surface area contributed by atoms with Crippen LogP contribution in [0.25, 0.3) is 9.53 Å². The number of carbonyl (C=O) groups is 1. The van der Waals surface area contributed by atoms with Crippen molar-refractivity contribution < 1.29 is 14.6 Å². The molecule has 0 bridgehead atoms. The number of thiophene rings is 1. The number of fused-ring (bicyclic) bond motifs is 1. The van der Waals surface area contributed by atoms with Crippen LogP contribution in [0, 0.1) is 11.3 Å². The van der Waals surface area contributed by atoms with E-state index in [1.54, 1.807) is 0 Å². The van der Waals surface area contributed by atoms with Crippen LogP contribution in [0.4, 0.5) is 27.2 Å². The number of ether oxygens (including phenoxy) is 1. The second-order valence-corrected chi connectivity index (χ2v) is 13.5. The second kappa shape index (κ2) is 21.0. The van der Waals surface area contributed by atoms with Crippen LogP contribution in [0.5, 0.6) is 5.75 Å². The number of rotatable bonds is 23. The monoisotopic (exact) mass is 687 g/mol. The average Bonchev–Trinajstić information content (AvgIpc) is 3.68. The Morgan fingerprint density at radius 3 is 2.15 bits per heavy atom. The van der Waals surface area contributed by atoms with E-state index >= 15 is 0 Å². The zero-order valence-corrected chi connectivity index (χ0v) is 29.4. The Kier molecular flexibility index (Phi) is 16.1. The highest BCUT2D eigenvalue weighted by Crippen LogP contribution is 2.39. The first-order chi connectivity index (χ1) is 23.6. The lowest BCUT2D eigenvalue weighted by Crippen LogP contribution is -2.27. The number of aromatic nitrogens is 1. The van der Waals surface area contributed by atoms with Crippen LogP contribution < -0.4 is 9.64 Å². The van der Waals surface area contributed by atoms with E-state index in [4.69, 9.17) is 10.00 Å². The van der Waals surface area contributed by atoms with Gasteiger partial charge in [0.25, 0.3) is 0 Å². The normalized spacial score (nSPS) is 11.5. The highest BCUT2D eigenvalue weighted by molar-refractivity contribution is 7.30. The standard InChI is InChI=1S/C36H45N7O3S2/c1-2-31(45)13-10-8-6-4-3-5-7-9-11-26-46-32-20-16-29(17-21-32)39-41-34-27-33-35(48-34)38-36(47-33)42-40-28-14-18-30(19-15-28)43(24-25-44)23-12-22-37/h14-21,27,44H,2-13,23-26H2,1H3. The summed E-state index contributed by atoms with van der Waals surface area (Å²) in [6.07, 6.45) is 12.6. The molecule has 0 saturated heterocycles. The molecule has 4 aromatic rings. The van der Waals surface area contributed by atoms with Crippen molar-refractivity contribution in [2.24, 2.45) is 20.5 Å². The van der Waals surface area contributed by atoms with Gasteiger partial charge < -0.3 is 14.7 Å². The van der Waals surface area contributed by atoms with Crippen molar-refractivity contribution in [2.75, 3.05) is 31.2 Å². The first-order valence-electron chi connectivity index (χ1n) is 16.9. The van der Waals surface area contributed by atoms with Gasteiger partial charge in [-0.1, -0.05) is 74.5 Å². The molecule has 0 radical (unpaired) electrons. The summed E-state index contributed by atoms with van der Waals surface area (Å²) in [7, 11) is 0. The molecule has 2 aromatic carbocycles. The molecule has 0 aliphatic heterocycles. The van der Waals surface area contributed by atoms with Crippen molar-refractivity contribution in [2.45, 2.75) is 84.0 Å². The van der Waals surface area contributed by atoms with Gasteiger partial charge in [0, 0.05) is 31.6 Å². The van der Waals surface area contributed by atoms with Crippen molar-refractivity contribution in [1.82, 2.24) is 4.98 Å². The number of anilines is 1. The molecule has 0 unspecified atom stereocenters. The van der Waals surface area contributed by atoms with E-state index in [0.29, 0.717) is 49.1 Å². The van der Waals surface area contributed by atoms with Gasteiger partial charge in [-0.2, -0.15) is 5.26 Å². The van der Waals surface area contributed by atoms with E-state index in [-0.39, 0.29) is 6.61 Å². The van der Waals surface area contributed by atoms with Gasteiger partial charge in [0.15, 0.2) is 0 Å². The quantitative estimate of drug-likeness (QED) is 0.0608. The molecular formula is C36H45N7O3S2. The van der Waals surface area contributed by atoms with Gasteiger partial charge in [-0.05, 0) is 67.4 Å². The summed E-state index contributed by atoms with van der Waals surface area (Å²) in [5, 5.41) is 36.9. The molecule has 48 heavy (non-hydrogen) atoms. The van der Waals surface area contributed by atoms with Crippen molar-refractivity contribution in [3.8, 4) is 11.8 Å². The Balaban J connectivity index is 1.13. The minimum absolute atomic E-state index is 0.0221. The highest BCUT2D eigenvalue weighted by atomic mass is 32.1. The molecule has 1 N–H and O–H groups in total. The molecule has 0 saturated carbocycles. The predicted octanol–water partition coefficient (Wildman–Crippen LogP) is 11.2. The van der Waals surface area contributed by atoms with Gasteiger partial charge in [0.05, 0.1) is 41.8 Å². The molecule has 0 amide bonds. The van der Waals surface area contributed by atoms with Crippen LogP contribution in [0.15, 0.2) is 75.1 Å². The van der Waals surface area contributed by atoms with Gasteiger partial charge in [0.1, 0.15) is 21.4 Å². The molecule has 2 aromatic heterocycles. The Labute approximate surface area is 291 Å². The minimum atomic E-state index is 0.0221. The third-order valence-corrected chi connectivity index (χ3v) is 9.69. The fourth-order valence-corrected chi connectivity index (χ4v) is 6.90. The van der Waals surface area contributed by atoms with Crippen molar-refractivity contribution in [3.63, 3.8) is 0 Å². The average molecular weight is 688 g/mol. The number of ketones is 1. The lowest BCUT2D eigenvalue weighted by molar-refractivity contribution is -0.118. The van der Waals surface area contributed by atoms with Gasteiger partial charge >= 0.3 is 0 Å². The van der Waals surface area contributed by atoms with E-state index in [1.165, 1.54) is 67.6 Å². The lowest BCUT2D eigenvalue weighted by atomic mass is 10.0. The molecule has 12 heteroatoms. The minimum Gasteiger partial charge on any atom is -0.494 e. The largest absolute Gasteiger partial charge is 0.494 e. The number of hydrogen-bond acceptors (Lipinski definition) is 12. The zero-order chi connectivity index (χ0) is 33.8. The van der Waals surface area contributed by atoms with Gasteiger partial charge in [0.2, 0.25) is 5.13 Å². The summed E-state index contributed by atoms with van der Waals surface area (Å²) in [4.78, 5) is 18.7. The van der Waals surface area contributed by atoms with Crippen LogP contribution in [0.2, 0.25) is 0 Å². The Morgan fingerprint density at radius 1 is 0.854 bits per heavy atom. The fourth-order valence-electron chi connectivity index (χ4n) is 5.05. The first-order valence-corrected chi connectivity index (χ1v) is 18.5. The number of nitriles is 1. The Morgan fingerprint density at radius 2 is 1.50 bits per heavy atom. The third-order valence-electron chi connectivity index (χ3n) is 7.76. The molecule has 0 aliphatic rings. The molecule has 254 valence electrons. The number of benzene rings is 2.